The van der Waals surface area contributed by atoms with Crippen molar-refractivity contribution in [2.24, 2.45) is 0 Å². The van der Waals surface area contributed by atoms with Gasteiger partial charge in [0.15, 0.2) is 11.6 Å². The lowest BCUT2D eigenvalue weighted by molar-refractivity contribution is -0.275. The molecule has 0 saturated heterocycles. The van der Waals surface area contributed by atoms with Gasteiger partial charge in [0.05, 0.1) is 11.6 Å². The molecule has 2 nitrogen and oxygen atoms in total. The molecule has 0 bridgehead atoms. The number of benzene rings is 1. The second-order valence-corrected chi connectivity index (χ2v) is 3.32. The Morgan fingerprint density at radius 3 is 2.27 bits per heavy atom. The van der Waals surface area contributed by atoms with Crippen molar-refractivity contribution in [1.29, 1.82) is 0 Å². The highest BCUT2D eigenvalue weighted by molar-refractivity contribution is 9.10. The minimum atomic E-state index is -4.93. The average molecular weight is 289 g/mol. The van der Waals surface area contributed by atoms with Gasteiger partial charge in [-0.3, -0.25) is 0 Å². The van der Waals surface area contributed by atoms with Gasteiger partial charge in [-0.15, -0.1) is 13.2 Å². The number of rotatable bonds is 2. The van der Waals surface area contributed by atoms with E-state index in [0.717, 1.165) is 12.1 Å². The normalized spacial score (nSPS) is 11.3. The highest BCUT2D eigenvalue weighted by atomic mass is 79.9. The van der Waals surface area contributed by atoms with Gasteiger partial charge in [0.1, 0.15) is 5.75 Å². The Morgan fingerprint density at radius 2 is 1.80 bits per heavy atom. The fraction of sp³-hybridized carbons (Fsp3) is 0.250. The molecule has 0 unspecified atom stereocenters. The van der Waals surface area contributed by atoms with E-state index in [9.17, 15) is 17.6 Å². The molecule has 1 rings (SSSR count). The lowest BCUT2D eigenvalue weighted by Crippen LogP contribution is -2.18. The van der Waals surface area contributed by atoms with Crippen molar-refractivity contribution in [3.8, 4) is 11.5 Å². The summed E-state index contributed by atoms with van der Waals surface area (Å²) in [6.07, 6.45) is -4.93. The van der Waals surface area contributed by atoms with Crippen molar-refractivity contribution in [3.05, 3.63) is 22.4 Å². The third kappa shape index (κ3) is 3.26. The number of ether oxygens (including phenoxy) is 2. The molecule has 0 aliphatic rings. The highest BCUT2D eigenvalue weighted by Crippen LogP contribution is 2.34. The molecular weight excluding hydrogens is 284 g/mol. The first-order chi connectivity index (χ1) is 6.83. The van der Waals surface area contributed by atoms with Crippen LogP contribution in [0.1, 0.15) is 0 Å². The zero-order valence-electron chi connectivity index (χ0n) is 7.36. The van der Waals surface area contributed by atoms with Crippen molar-refractivity contribution < 1.29 is 27.0 Å². The van der Waals surface area contributed by atoms with Crippen LogP contribution in [0.3, 0.4) is 0 Å². The molecule has 0 spiro atoms. The molecule has 0 radical (unpaired) electrons. The first-order valence-electron chi connectivity index (χ1n) is 3.62. The number of alkyl halides is 3. The number of hydrogen-bond acceptors (Lipinski definition) is 2. The van der Waals surface area contributed by atoms with Crippen LogP contribution in [-0.2, 0) is 0 Å². The average Bonchev–Trinajstić information content (AvgIpc) is 2.07. The predicted octanol–water partition coefficient (Wildman–Crippen LogP) is 3.50. The van der Waals surface area contributed by atoms with Gasteiger partial charge >= 0.3 is 6.36 Å². The van der Waals surface area contributed by atoms with Crippen molar-refractivity contribution in [2.45, 2.75) is 6.36 Å². The van der Waals surface area contributed by atoms with Gasteiger partial charge < -0.3 is 9.47 Å². The molecule has 0 aliphatic carbocycles. The number of halogens is 5. The summed E-state index contributed by atoms with van der Waals surface area (Å²) >= 11 is 2.92. The van der Waals surface area contributed by atoms with E-state index < -0.39 is 17.9 Å². The molecule has 15 heavy (non-hydrogen) atoms. The van der Waals surface area contributed by atoms with Gasteiger partial charge in [-0.25, -0.2) is 4.39 Å². The lowest BCUT2D eigenvalue weighted by atomic mass is 10.3. The Morgan fingerprint density at radius 1 is 1.20 bits per heavy atom. The van der Waals surface area contributed by atoms with E-state index in [0.29, 0.717) is 0 Å². The molecule has 84 valence electrons. The highest BCUT2D eigenvalue weighted by Gasteiger charge is 2.32. The summed E-state index contributed by atoms with van der Waals surface area (Å²) in [4.78, 5) is 0. The van der Waals surface area contributed by atoms with E-state index in [2.05, 4.69) is 20.7 Å². The maximum Gasteiger partial charge on any atom is 0.573 e. The first kappa shape index (κ1) is 12.1. The molecule has 0 aromatic heterocycles. The third-order valence-corrected chi connectivity index (χ3v) is 2.05. The molecule has 0 atom stereocenters. The van der Waals surface area contributed by atoms with E-state index in [-0.39, 0.29) is 10.2 Å². The van der Waals surface area contributed by atoms with Gasteiger partial charge in [0.25, 0.3) is 0 Å². The summed E-state index contributed by atoms with van der Waals surface area (Å²) in [6, 6.07) is 1.65. The van der Waals surface area contributed by atoms with E-state index in [1.54, 1.807) is 0 Å². The summed E-state index contributed by atoms with van der Waals surface area (Å²) < 4.78 is 56.8. The molecule has 7 heteroatoms. The van der Waals surface area contributed by atoms with E-state index >= 15 is 0 Å². The SMILES string of the molecule is COc1cc(OC(F)(F)F)c(F)cc1Br. The van der Waals surface area contributed by atoms with Crippen LogP contribution in [0.2, 0.25) is 0 Å². The summed E-state index contributed by atoms with van der Waals surface area (Å²) in [5.41, 5.74) is 0. The summed E-state index contributed by atoms with van der Waals surface area (Å²) in [5.74, 6) is -2.00. The zero-order chi connectivity index (χ0) is 11.6. The topological polar surface area (TPSA) is 18.5 Å². The van der Waals surface area contributed by atoms with Gasteiger partial charge in [-0.2, -0.15) is 0 Å². The van der Waals surface area contributed by atoms with Crippen molar-refractivity contribution in [2.75, 3.05) is 7.11 Å². The Balaban J connectivity index is 3.08. The third-order valence-electron chi connectivity index (χ3n) is 1.43. The van der Waals surface area contributed by atoms with Crippen LogP contribution in [0.15, 0.2) is 16.6 Å². The molecule has 0 fully saturated rings. The molecule has 0 heterocycles. The fourth-order valence-electron chi connectivity index (χ4n) is 0.870. The molecule has 0 saturated carbocycles. The van der Waals surface area contributed by atoms with Gasteiger partial charge in [-0.05, 0) is 22.0 Å². The Bertz CT molecular complexity index is 364. The maximum atomic E-state index is 13.0. The van der Waals surface area contributed by atoms with Crippen molar-refractivity contribution >= 4 is 15.9 Å². The van der Waals surface area contributed by atoms with Crippen molar-refractivity contribution in [1.82, 2.24) is 0 Å². The second-order valence-electron chi connectivity index (χ2n) is 2.46. The standard InChI is InChI=1S/C8H5BrF4O2/c1-14-6-3-7(15-8(11,12)13)5(10)2-4(6)9/h2-3H,1H3. The van der Waals surface area contributed by atoms with Crippen molar-refractivity contribution in [3.63, 3.8) is 0 Å². The Hall–Kier alpha value is -0.980. The van der Waals surface area contributed by atoms with Crippen LogP contribution in [0, 0.1) is 5.82 Å². The van der Waals surface area contributed by atoms with E-state index in [1.807, 2.05) is 0 Å². The quantitative estimate of drug-likeness (QED) is 0.776. The Kier molecular flexibility index (Phi) is 3.43. The van der Waals surface area contributed by atoms with Crippen LogP contribution in [0.5, 0.6) is 11.5 Å². The first-order valence-corrected chi connectivity index (χ1v) is 4.41. The molecule has 0 amide bonds. The van der Waals surface area contributed by atoms with Gasteiger partial charge in [-0.1, -0.05) is 0 Å². The van der Waals surface area contributed by atoms with Crippen LogP contribution in [0.4, 0.5) is 17.6 Å². The number of methoxy groups -OCH3 is 1. The van der Waals surface area contributed by atoms with Gasteiger partial charge in [0, 0.05) is 6.07 Å². The summed E-state index contributed by atoms with van der Waals surface area (Å²) in [5, 5.41) is 0. The smallest absolute Gasteiger partial charge is 0.495 e. The molecule has 1 aromatic rings. The molecule has 0 N–H and O–H groups in total. The van der Waals surface area contributed by atoms with Crippen LogP contribution < -0.4 is 9.47 Å². The molecular formula is C8H5BrF4O2. The number of hydrogen-bond donors (Lipinski definition) is 0. The second kappa shape index (κ2) is 4.26. The predicted molar refractivity (Wildman–Crippen MR) is 47.3 cm³/mol. The van der Waals surface area contributed by atoms with Crippen LogP contribution >= 0.6 is 15.9 Å². The Labute approximate surface area is 90.9 Å². The van der Waals surface area contributed by atoms with E-state index in [1.165, 1.54) is 7.11 Å². The zero-order valence-corrected chi connectivity index (χ0v) is 8.95. The molecule has 1 aromatic carbocycles. The summed E-state index contributed by atoms with van der Waals surface area (Å²) in [7, 11) is 1.25. The fourth-order valence-corrected chi connectivity index (χ4v) is 1.35. The monoisotopic (exact) mass is 288 g/mol. The van der Waals surface area contributed by atoms with Crippen LogP contribution in [-0.4, -0.2) is 13.5 Å². The minimum Gasteiger partial charge on any atom is -0.495 e. The largest absolute Gasteiger partial charge is 0.573 e. The lowest BCUT2D eigenvalue weighted by Gasteiger charge is -2.11. The van der Waals surface area contributed by atoms with Crippen LogP contribution in [0.25, 0.3) is 0 Å². The van der Waals surface area contributed by atoms with E-state index in [4.69, 9.17) is 4.74 Å². The van der Waals surface area contributed by atoms with Gasteiger partial charge in [0.2, 0.25) is 0 Å². The minimum absolute atomic E-state index is 0.0515. The molecule has 0 aliphatic heterocycles. The maximum absolute atomic E-state index is 13.0. The summed E-state index contributed by atoms with van der Waals surface area (Å²) in [6.45, 7) is 0.